The fourth-order valence-corrected chi connectivity index (χ4v) is 4.22. The number of ether oxygens (including phenoxy) is 1. The number of nitrogens with one attached hydrogen (secondary N) is 3. The lowest BCUT2D eigenvalue weighted by Gasteiger charge is -2.27. The molecule has 0 unspecified atom stereocenters. The van der Waals surface area contributed by atoms with Gasteiger partial charge in [-0.3, -0.25) is 19.2 Å². The van der Waals surface area contributed by atoms with Crippen LogP contribution in [-0.4, -0.2) is 60.8 Å². The SMILES string of the molecule is CC(C)[C@H](NC(=O)[C@H](Cc1ccc(Cl)cc1)NC(=O)COc1cc(Cl)cc(Cl)c1)C(=O)C(F)(F)C(=O)NCCC(F)(F)F. The molecule has 43 heavy (non-hydrogen) atoms. The van der Waals surface area contributed by atoms with E-state index in [0.29, 0.717) is 10.6 Å². The monoisotopic (exact) mass is 673 g/mol. The Kier molecular flexibility index (Phi) is 13.0. The van der Waals surface area contributed by atoms with E-state index >= 15 is 0 Å². The first-order chi connectivity index (χ1) is 19.9. The van der Waals surface area contributed by atoms with Crippen molar-refractivity contribution in [2.75, 3.05) is 13.2 Å². The van der Waals surface area contributed by atoms with Crippen molar-refractivity contribution >= 4 is 58.3 Å². The molecule has 0 aliphatic rings. The van der Waals surface area contributed by atoms with Gasteiger partial charge in [0.1, 0.15) is 11.8 Å². The fourth-order valence-electron chi connectivity index (χ4n) is 3.59. The fraction of sp³-hybridized carbons (Fsp3) is 0.407. The topological polar surface area (TPSA) is 114 Å². The average Bonchev–Trinajstić information content (AvgIpc) is 2.89. The van der Waals surface area contributed by atoms with Crippen LogP contribution in [0.2, 0.25) is 15.1 Å². The van der Waals surface area contributed by atoms with Crippen LogP contribution in [0.1, 0.15) is 25.8 Å². The predicted octanol–water partition coefficient (Wildman–Crippen LogP) is 5.17. The van der Waals surface area contributed by atoms with Gasteiger partial charge in [-0.1, -0.05) is 60.8 Å². The highest BCUT2D eigenvalue weighted by Gasteiger charge is 2.51. The van der Waals surface area contributed by atoms with Gasteiger partial charge in [0.05, 0.1) is 12.5 Å². The van der Waals surface area contributed by atoms with Gasteiger partial charge in [0.2, 0.25) is 11.7 Å². The molecule has 0 radical (unpaired) electrons. The zero-order chi connectivity index (χ0) is 32.5. The minimum atomic E-state index is -4.77. The highest BCUT2D eigenvalue weighted by Crippen LogP contribution is 2.25. The van der Waals surface area contributed by atoms with Crippen LogP contribution in [-0.2, 0) is 25.6 Å². The number of ketones is 1. The summed E-state index contributed by atoms with van der Waals surface area (Å²) >= 11 is 17.7. The molecule has 2 aromatic rings. The van der Waals surface area contributed by atoms with Gasteiger partial charge in [-0.2, -0.15) is 22.0 Å². The van der Waals surface area contributed by atoms with Gasteiger partial charge < -0.3 is 20.7 Å². The lowest BCUT2D eigenvalue weighted by atomic mass is 9.94. The number of carbonyl (C=O) groups excluding carboxylic acids is 4. The Morgan fingerprint density at radius 1 is 0.860 bits per heavy atom. The van der Waals surface area contributed by atoms with Gasteiger partial charge in [-0.05, 0) is 41.8 Å². The summed E-state index contributed by atoms with van der Waals surface area (Å²) in [6, 6.07) is 6.94. The van der Waals surface area contributed by atoms with Gasteiger partial charge in [0.25, 0.3) is 11.8 Å². The third-order valence-electron chi connectivity index (χ3n) is 5.75. The summed E-state index contributed by atoms with van der Waals surface area (Å²) in [7, 11) is 0. The molecule has 0 aliphatic carbocycles. The molecule has 2 atom stereocenters. The third kappa shape index (κ3) is 11.8. The van der Waals surface area contributed by atoms with Crippen LogP contribution >= 0.6 is 34.8 Å². The number of amides is 3. The first-order valence-electron chi connectivity index (χ1n) is 12.6. The quantitative estimate of drug-likeness (QED) is 0.189. The first-order valence-corrected chi connectivity index (χ1v) is 13.7. The van der Waals surface area contributed by atoms with Gasteiger partial charge >= 0.3 is 12.1 Å². The molecule has 0 saturated heterocycles. The van der Waals surface area contributed by atoms with Crippen LogP contribution in [0, 0.1) is 5.92 Å². The van der Waals surface area contributed by atoms with Crippen molar-refractivity contribution in [3.05, 3.63) is 63.1 Å². The Morgan fingerprint density at radius 2 is 1.44 bits per heavy atom. The highest BCUT2D eigenvalue weighted by molar-refractivity contribution is 6.34. The number of benzene rings is 2. The molecule has 0 fully saturated rings. The molecule has 16 heteroatoms. The summed E-state index contributed by atoms with van der Waals surface area (Å²) in [5, 5.41) is 6.78. The van der Waals surface area contributed by atoms with E-state index in [1.165, 1.54) is 49.5 Å². The van der Waals surface area contributed by atoms with Crippen LogP contribution in [0.25, 0.3) is 0 Å². The van der Waals surface area contributed by atoms with Crippen LogP contribution in [0.4, 0.5) is 22.0 Å². The van der Waals surface area contributed by atoms with E-state index in [2.05, 4.69) is 10.6 Å². The van der Waals surface area contributed by atoms with E-state index in [4.69, 9.17) is 39.5 Å². The summed E-state index contributed by atoms with van der Waals surface area (Å²) in [5.41, 5.74) is 0.495. The molecule has 2 rings (SSSR count). The van der Waals surface area contributed by atoms with E-state index < -0.39 is 73.2 Å². The second-order valence-electron chi connectivity index (χ2n) is 9.63. The molecule has 0 aromatic heterocycles. The molecule has 8 nitrogen and oxygen atoms in total. The smallest absolute Gasteiger partial charge is 0.390 e. The van der Waals surface area contributed by atoms with E-state index in [1.807, 2.05) is 0 Å². The van der Waals surface area contributed by atoms with E-state index in [-0.39, 0.29) is 22.2 Å². The van der Waals surface area contributed by atoms with Crippen molar-refractivity contribution in [2.45, 2.75) is 50.9 Å². The molecule has 3 amide bonds. The van der Waals surface area contributed by atoms with E-state index in [1.54, 1.807) is 12.1 Å². The molecule has 3 N–H and O–H groups in total. The van der Waals surface area contributed by atoms with Crippen LogP contribution < -0.4 is 20.7 Å². The Balaban J connectivity index is 2.20. The number of halogens is 8. The Hall–Kier alpha value is -3.16. The maximum Gasteiger partial charge on any atom is 0.390 e. The largest absolute Gasteiger partial charge is 0.484 e. The van der Waals surface area contributed by atoms with Crippen LogP contribution in [0.3, 0.4) is 0 Å². The van der Waals surface area contributed by atoms with Gasteiger partial charge in [-0.25, -0.2) is 0 Å². The molecule has 0 aliphatic heterocycles. The van der Waals surface area contributed by atoms with Gasteiger partial charge in [0.15, 0.2) is 6.61 Å². The number of alkyl halides is 5. The van der Waals surface area contributed by atoms with Crippen molar-refractivity contribution in [3.8, 4) is 5.75 Å². The van der Waals surface area contributed by atoms with Crippen molar-refractivity contribution in [1.82, 2.24) is 16.0 Å². The summed E-state index contributed by atoms with van der Waals surface area (Å²) in [5.74, 6) is -11.8. The zero-order valence-electron chi connectivity index (χ0n) is 22.7. The Bertz CT molecular complexity index is 1290. The summed E-state index contributed by atoms with van der Waals surface area (Å²) in [6.45, 7) is 0.820. The standard InChI is InChI=1S/C27H27Cl3F5N3O5/c1-14(2)22(23(40)27(34,35)25(42)36-8-7-26(31,32)33)38-24(41)20(9-15-3-5-16(28)6-4-15)37-21(39)13-43-19-11-17(29)10-18(30)12-19/h3-6,10-12,14,20,22H,7-9,13H2,1-2H3,(H,36,42)(H,37,39)(H,38,41)/t20-,22-/m0/s1. The summed E-state index contributed by atoms with van der Waals surface area (Å²) in [6.07, 6.45) is -6.49. The zero-order valence-corrected chi connectivity index (χ0v) is 24.9. The van der Waals surface area contributed by atoms with Crippen molar-refractivity contribution in [1.29, 1.82) is 0 Å². The number of Topliss-reactive ketones (excluding diaryl/α,β-unsaturated/α-hetero) is 1. The molecule has 0 heterocycles. The second kappa shape index (κ2) is 15.5. The Labute approximate surface area is 258 Å². The molecule has 2 aromatic carbocycles. The number of hydrogen-bond acceptors (Lipinski definition) is 5. The minimum Gasteiger partial charge on any atom is -0.484 e. The molecule has 236 valence electrons. The number of rotatable bonds is 14. The summed E-state index contributed by atoms with van der Waals surface area (Å²) in [4.78, 5) is 50.6. The van der Waals surface area contributed by atoms with Crippen LogP contribution in [0.15, 0.2) is 42.5 Å². The first kappa shape index (κ1) is 36.0. The highest BCUT2D eigenvalue weighted by atomic mass is 35.5. The van der Waals surface area contributed by atoms with E-state index in [9.17, 15) is 41.1 Å². The van der Waals surface area contributed by atoms with Crippen molar-refractivity contribution < 1.29 is 45.9 Å². The third-order valence-corrected chi connectivity index (χ3v) is 6.43. The number of carbonyl (C=O) groups is 4. The van der Waals surface area contributed by atoms with Crippen molar-refractivity contribution in [3.63, 3.8) is 0 Å². The number of hydrogen-bond donors (Lipinski definition) is 3. The average molecular weight is 675 g/mol. The minimum absolute atomic E-state index is 0.146. The molecule has 0 spiro atoms. The maximum atomic E-state index is 14.7. The van der Waals surface area contributed by atoms with Gasteiger partial charge in [-0.15, -0.1) is 0 Å². The van der Waals surface area contributed by atoms with E-state index in [0.717, 1.165) is 0 Å². The Morgan fingerprint density at radius 3 is 1.98 bits per heavy atom. The van der Waals surface area contributed by atoms with Crippen molar-refractivity contribution in [2.24, 2.45) is 5.92 Å². The maximum absolute atomic E-state index is 14.7. The van der Waals surface area contributed by atoms with Crippen LogP contribution in [0.5, 0.6) is 5.75 Å². The second-order valence-corrected chi connectivity index (χ2v) is 10.9. The molecular formula is C27H27Cl3F5N3O5. The van der Waals surface area contributed by atoms with Gasteiger partial charge in [0, 0.05) is 28.0 Å². The summed E-state index contributed by atoms with van der Waals surface area (Å²) < 4.78 is 71.8. The normalized spacial score (nSPS) is 13.2. The lowest BCUT2D eigenvalue weighted by molar-refractivity contribution is -0.162. The lowest BCUT2D eigenvalue weighted by Crippen LogP contribution is -2.59. The molecular weight excluding hydrogens is 648 g/mol. The predicted molar refractivity (Wildman–Crippen MR) is 149 cm³/mol. The molecule has 0 bridgehead atoms. The molecule has 0 saturated carbocycles.